The van der Waals surface area contributed by atoms with Crippen molar-refractivity contribution in [3.63, 3.8) is 0 Å². The molecular formula is C10H22N2O4S. The lowest BCUT2D eigenvalue weighted by Gasteiger charge is -2.23. The van der Waals surface area contributed by atoms with E-state index in [4.69, 9.17) is 9.84 Å². The number of nitrogens with one attached hydrogen (secondary N) is 1. The van der Waals surface area contributed by atoms with E-state index in [1.165, 1.54) is 11.4 Å². The fourth-order valence-corrected chi connectivity index (χ4v) is 3.24. The zero-order valence-electron chi connectivity index (χ0n) is 10.4. The Bertz CT molecular complexity index is 320. The summed E-state index contributed by atoms with van der Waals surface area (Å²) < 4.78 is 33.0. The molecule has 1 aliphatic rings. The van der Waals surface area contributed by atoms with Crippen LogP contribution < -0.4 is 4.72 Å². The van der Waals surface area contributed by atoms with Crippen molar-refractivity contribution in [1.29, 1.82) is 0 Å². The first-order valence-electron chi connectivity index (χ1n) is 5.88. The smallest absolute Gasteiger partial charge is 0.279 e. The number of aliphatic hydroxyl groups excluding tert-OH is 1. The van der Waals surface area contributed by atoms with Gasteiger partial charge in [-0.05, 0) is 25.7 Å². The van der Waals surface area contributed by atoms with Gasteiger partial charge < -0.3 is 9.84 Å². The van der Waals surface area contributed by atoms with E-state index in [2.05, 4.69) is 4.72 Å². The maximum absolute atomic E-state index is 11.9. The molecule has 0 heterocycles. The molecule has 2 unspecified atom stereocenters. The highest BCUT2D eigenvalue weighted by Gasteiger charge is 2.31. The van der Waals surface area contributed by atoms with E-state index in [1.807, 2.05) is 0 Å². The molecule has 1 fully saturated rings. The van der Waals surface area contributed by atoms with Gasteiger partial charge in [0.05, 0.1) is 6.10 Å². The molecule has 1 saturated carbocycles. The van der Waals surface area contributed by atoms with Crippen molar-refractivity contribution in [2.45, 2.75) is 37.8 Å². The van der Waals surface area contributed by atoms with Crippen molar-refractivity contribution in [2.24, 2.45) is 0 Å². The van der Waals surface area contributed by atoms with Crippen LogP contribution in [0.2, 0.25) is 0 Å². The summed E-state index contributed by atoms with van der Waals surface area (Å²) in [6.45, 7) is 0.306. The number of methoxy groups -OCH3 is 1. The zero-order chi connectivity index (χ0) is 12.9. The fraction of sp³-hybridized carbons (Fsp3) is 1.00. The zero-order valence-corrected chi connectivity index (χ0v) is 11.2. The topological polar surface area (TPSA) is 78.9 Å². The SMILES string of the molecule is COC1CCCC1NS(=O)(=O)N(C)CCCO. The average Bonchev–Trinajstić information content (AvgIpc) is 2.72. The lowest BCUT2D eigenvalue weighted by Crippen LogP contribution is -2.47. The Labute approximate surface area is 103 Å². The summed E-state index contributed by atoms with van der Waals surface area (Å²) >= 11 is 0. The van der Waals surface area contributed by atoms with Crippen molar-refractivity contribution in [3.8, 4) is 0 Å². The van der Waals surface area contributed by atoms with Crippen molar-refractivity contribution < 1.29 is 18.3 Å². The van der Waals surface area contributed by atoms with E-state index in [1.54, 1.807) is 7.11 Å². The minimum atomic E-state index is -3.47. The maximum atomic E-state index is 11.9. The molecule has 0 aromatic heterocycles. The van der Waals surface area contributed by atoms with Crippen LogP contribution in [0.3, 0.4) is 0 Å². The van der Waals surface area contributed by atoms with E-state index < -0.39 is 10.2 Å². The first kappa shape index (κ1) is 14.8. The average molecular weight is 266 g/mol. The molecule has 0 aromatic rings. The van der Waals surface area contributed by atoms with Crippen LogP contribution >= 0.6 is 0 Å². The van der Waals surface area contributed by atoms with Crippen LogP contribution in [-0.2, 0) is 14.9 Å². The highest BCUT2D eigenvalue weighted by Crippen LogP contribution is 2.22. The van der Waals surface area contributed by atoms with Gasteiger partial charge in [0.15, 0.2) is 0 Å². The van der Waals surface area contributed by atoms with Gasteiger partial charge in [-0.1, -0.05) is 0 Å². The number of rotatable bonds is 7. The van der Waals surface area contributed by atoms with Gasteiger partial charge in [-0.3, -0.25) is 0 Å². The summed E-state index contributed by atoms with van der Waals surface area (Å²) in [6.07, 6.45) is 3.09. The molecule has 0 radical (unpaired) electrons. The molecule has 6 nitrogen and oxygen atoms in total. The number of ether oxygens (including phenoxy) is 1. The van der Waals surface area contributed by atoms with Crippen molar-refractivity contribution in [2.75, 3.05) is 27.3 Å². The van der Waals surface area contributed by atoms with Crippen molar-refractivity contribution >= 4 is 10.2 Å². The number of nitrogens with zero attached hydrogens (tertiary/aromatic N) is 1. The first-order valence-corrected chi connectivity index (χ1v) is 7.32. The van der Waals surface area contributed by atoms with Crippen molar-refractivity contribution in [1.82, 2.24) is 9.03 Å². The highest BCUT2D eigenvalue weighted by molar-refractivity contribution is 7.87. The molecule has 2 atom stereocenters. The van der Waals surface area contributed by atoms with Gasteiger partial charge in [0.1, 0.15) is 0 Å². The van der Waals surface area contributed by atoms with Gasteiger partial charge in [0.2, 0.25) is 0 Å². The number of hydrogen-bond donors (Lipinski definition) is 2. The second-order valence-corrected chi connectivity index (χ2v) is 6.14. The third-order valence-corrected chi connectivity index (χ3v) is 4.70. The van der Waals surface area contributed by atoms with Gasteiger partial charge >= 0.3 is 0 Å². The standard InChI is InChI=1S/C10H22N2O4S/c1-12(7-4-8-13)17(14,15)11-9-5-3-6-10(9)16-2/h9-11,13H,3-8H2,1-2H3. The van der Waals surface area contributed by atoms with Crippen LogP contribution in [0.25, 0.3) is 0 Å². The lowest BCUT2D eigenvalue weighted by molar-refractivity contribution is 0.0911. The third kappa shape index (κ3) is 4.18. The normalized spacial score (nSPS) is 25.6. The molecule has 0 saturated heterocycles. The van der Waals surface area contributed by atoms with E-state index in [0.717, 1.165) is 19.3 Å². The predicted octanol–water partition coefficient (Wildman–Crippen LogP) is -0.297. The minimum absolute atomic E-state index is 0.00994. The molecule has 17 heavy (non-hydrogen) atoms. The van der Waals surface area contributed by atoms with Crippen molar-refractivity contribution in [3.05, 3.63) is 0 Å². The molecule has 0 spiro atoms. The Hall–Kier alpha value is -0.210. The molecule has 0 aliphatic heterocycles. The Morgan fingerprint density at radius 2 is 2.18 bits per heavy atom. The fourth-order valence-electron chi connectivity index (χ4n) is 2.04. The van der Waals surface area contributed by atoms with Crippen LogP contribution in [-0.4, -0.2) is 57.3 Å². The third-order valence-electron chi connectivity index (χ3n) is 3.10. The summed E-state index contributed by atoms with van der Waals surface area (Å²) in [5.74, 6) is 0. The van der Waals surface area contributed by atoms with Gasteiger partial charge in [-0.15, -0.1) is 0 Å². The van der Waals surface area contributed by atoms with E-state index >= 15 is 0 Å². The number of aliphatic hydroxyl groups is 1. The Kier molecular flexibility index (Phi) is 5.81. The molecule has 2 N–H and O–H groups in total. The number of hydrogen-bond acceptors (Lipinski definition) is 4. The van der Waals surface area contributed by atoms with Crippen LogP contribution in [0.15, 0.2) is 0 Å². The van der Waals surface area contributed by atoms with E-state index in [-0.39, 0.29) is 18.8 Å². The summed E-state index contributed by atoms with van der Waals surface area (Å²) in [6, 6.07) is -0.137. The predicted molar refractivity (Wildman–Crippen MR) is 64.8 cm³/mol. The molecule has 102 valence electrons. The van der Waals surface area contributed by atoms with Gasteiger partial charge in [0, 0.05) is 33.4 Å². The first-order chi connectivity index (χ1) is 8.01. The molecule has 1 rings (SSSR count). The molecular weight excluding hydrogens is 244 g/mol. The van der Waals surface area contributed by atoms with Gasteiger partial charge in [-0.25, -0.2) is 0 Å². The largest absolute Gasteiger partial charge is 0.396 e. The van der Waals surface area contributed by atoms with E-state index in [9.17, 15) is 8.42 Å². The molecule has 0 amide bonds. The van der Waals surface area contributed by atoms with Gasteiger partial charge in [-0.2, -0.15) is 17.4 Å². The summed E-state index contributed by atoms with van der Waals surface area (Å²) in [5, 5.41) is 8.68. The summed E-state index contributed by atoms with van der Waals surface area (Å²) in [4.78, 5) is 0. The van der Waals surface area contributed by atoms with Gasteiger partial charge in [0.25, 0.3) is 10.2 Å². The second kappa shape index (κ2) is 6.65. The quantitative estimate of drug-likeness (QED) is 0.663. The molecule has 0 bridgehead atoms. The highest BCUT2D eigenvalue weighted by atomic mass is 32.2. The lowest BCUT2D eigenvalue weighted by atomic mass is 10.2. The van der Waals surface area contributed by atoms with Crippen LogP contribution in [0, 0.1) is 0 Å². The minimum Gasteiger partial charge on any atom is -0.396 e. The Balaban J connectivity index is 2.53. The summed E-state index contributed by atoms with van der Waals surface area (Å²) in [7, 11) is -0.354. The Morgan fingerprint density at radius 3 is 2.76 bits per heavy atom. The molecule has 1 aliphatic carbocycles. The van der Waals surface area contributed by atoms with E-state index in [0.29, 0.717) is 13.0 Å². The van der Waals surface area contributed by atoms with Crippen LogP contribution in [0.5, 0.6) is 0 Å². The molecule has 7 heteroatoms. The molecule has 0 aromatic carbocycles. The Morgan fingerprint density at radius 1 is 1.47 bits per heavy atom. The second-order valence-electron chi connectivity index (χ2n) is 4.33. The maximum Gasteiger partial charge on any atom is 0.279 e. The summed E-state index contributed by atoms with van der Waals surface area (Å²) in [5.41, 5.74) is 0. The van der Waals surface area contributed by atoms with Crippen LogP contribution in [0.1, 0.15) is 25.7 Å². The van der Waals surface area contributed by atoms with Crippen LogP contribution in [0.4, 0.5) is 0 Å². The monoisotopic (exact) mass is 266 g/mol.